The van der Waals surface area contributed by atoms with Gasteiger partial charge >= 0.3 is 0 Å². The Balaban J connectivity index is 1.80. The zero-order chi connectivity index (χ0) is 16.4. The summed E-state index contributed by atoms with van der Waals surface area (Å²) in [6, 6.07) is 7.58. The van der Waals surface area contributed by atoms with Gasteiger partial charge in [0, 0.05) is 11.1 Å². The van der Waals surface area contributed by atoms with Crippen molar-refractivity contribution in [1.29, 1.82) is 0 Å². The van der Waals surface area contributed by atoms with Crippen LogP contribution < -0.4 is 11.1 Å². The van der Waals surface area contributed by atoms with Gasteiger partial charge in [-0.2, -0.15) is 5.10 Å². The first-order valence-corrected chi connectivity index (χ1v) is 8.29. The molecule has 1 amide bonds. The van der Waals surface area contributed by atoms with Gasteiger partial charge in [0.25, 0.3) is 5.91 Å². The maximum absolute atomic E-state index is 12.6. The van der Waals surface area contributed by atoms with Crippen LogP contribution in [0.2, 0.25) is 5.02 Å². The van der Waals surface area contributed by atoms with Crippen molar-refractivity contribution in [2.75, 3.05) is 6.54 Å². The van der Waals surface area contributed by atoms with Crippen molar-refractivity contribution in [2.45, 2.75) is 32.2 Å². The minimum atomic E-state index is -0.0823. The number of nitrogens with zero attached hydrogens (tertiary/aromatic N) is 2. The third kappa shape index (κ3) is 3.26. The van der Waals surface area contributed by atoms with E-state index in [9.17, 15) is 4.79 Å². The number of carbonyl (C=O) groups excluding carboxylic acids is 1. The van der Waals surface area contributed by atoms with E-state index >= 15 is 0 Å². The van der Waals surface area contributed by atoms with E-state index in [-0.39, 0.29) is 11.9 Å². The number of benzene rings is 1. The molecule has 1 aromatic carbocycles. The fourth-order valence-corrected chi connectivity index (χ4v) is 3.44. The summed E-state index contributed by atoms with van der Waals surface area (Å²) in [4.78, 5) is 12.6. The molecule has 1 fully saturated rings. The lowest BCUT2D eigenvalue weighted by atomic mass is 10.0. The lowest BCUT2D eigenvalue weighted by Gasteiger charge is -2.19. The number of halogens is 1. The minimum absolute atomic E-state index is 0.0823. The van der Waals surface area contributed by atoms with Crippen molar-refractivity contribution in [3.63, 3.8) is 0 Å². The zero-order valence-electron chi connectivity index (χ0n) is 13.1. The SMILES string of the molecule is Cc1c(C(=O)NC2CCCC2CN)cnn1-c1cccc(Cl)c1. The smallest absolute Gasteiger partial charge is 0.254 e. The standard InChI is InChI=1S/C17H21ClN4O/c1-11-15(17(23)21-16-7-2-4-12(16)9-19)10-20-22(11)14-6-3-5-13(18)8-14/h3,5-6,8,10,12,16H,2,4,7,9,19H2,1H3,(H,21,23). The molecule has 0 aliphatic heterocycles. The van der Waals surface area contributed by atoms with Gasteiger partial charge in [0.15, 0.2) is 0 Å². The van der Waals surface area contributed by atoms with Crippen LogP contribution in [0.1, 0.15) is 35.3 Å². The highest BCUT2D eigenvalue weighted by molar-refractivity contribution is 6.30. The van der Waals surface area contributed by atoms with Gasteiger partial charge in [-0.1, -0.05) is 24.1 Å². The molecule has 1 aliphatic rings. The number of hydrogen-bond donors (Lipinski definition) is 2. The summed E-state index contributed by atoms with van der Waals surface area (Å²) >= 11 is 6.03. The summed E-state index contributed by atoms with van der Waals surface area (Å²) in [5.41, 5.74) is 8.01. The second kappa shape index (κ2) is 6.72. The number of hydrogen-bond acceptors (Lipinski definition) is 3. The van der Waals surface area contributed by atoms with Crippen LogP contribution in [0, 0.1) is 12.8 Å². The van der Waals surface area contributed by atoms with Crippen LogP contribution >= 0.6 is 11.6 Å². The van der Waals surface area contributed by atoms with Gasteiger partial charge < -0.3 is 11.1 Å². The average Bonchev–Trinajstić information content (AvgIpc) is 3.13. The van der Waals surface area contributed by atoms with Crippen molar-refractivity contribution in [3.8, 4) is 5.69 Å². The summed E-state index contributed by atoms with van der Waals surface area (Å²) in [6.45, 7) is 2.50. The molecule has 0 saturated heterocycles. The van der Waals surface area contributed by atoms with E-state index in [2.05, 4.69) is 10.4 Å². The molecule has 2 aromatic rings. The Morgan fingerprint density at radius 1 is 1.48 bits per heavy atom. The first-order valence-electron chi connectivity index (χ1n) is 7.91. The van der Waals surface area contributed by atoms with Crippen LogP contribution in [0.3, 0.4) is 0 Å². The van der Waals surface area contributed by atoms with Gasteiger partial charge in [-0.15, -0.1) is 0 Å². The first kappa shape index (κ1) is 16.0. The van der Waals surface area contributed by atoms with E-state index in [0.717, 1.165) is 30.6 Å². The highest BCUT2D eigenvalue weighted by Gasteiger charge is 2.28. The molecule has 0 radical (unpaired) electrons. The second-order valence-electron chi connectivity index (χ2n) is 6.04. The molecule has 0 bridgehead atoms. The highest BCUT2D eigenvalue weighted by Crippen LogP contribution is 2.25. The van der Waals surface area contributed by atoms with E-state index in [4.69, 9.17) is 17.3 Å². The van der Waals surface area contributed by atoms with E-state index in [1.807, 2.05) is 31.2 Å². The Kier molecular flexibility index (Phi) is 4.68. The number of carbonyl (C=O) groups is 1. The molecular weight excluding hydrogens is 312 g/mol. The zero-order valence-corrected chi connectivity index (χ0v) is 13.9. The monoisotopic (exact) mass is 332 g/mol. The molecule has 1 saturated carbocycles. The molecule has 122 valence electrons. The van der Waals surface area contributed by atoms with Gasteiger partial charge in [-0.05, 0) is 50.4 Å². The summed E-state index contributed by atoms with van der Waals surface area (Å²) in [5.74, 6) is 0.295. The third-order valence-electron chi connectivity index (χ3n) is 4.59. The lowest BCUT2D eigenvalue weighted by Crippen LogP contribution is -2.40. The van der Waals surface area contributed by atoms with Crippen LogP contribution in [0.4, 0.5) is 0 Å². The van der Waals surface area contributed by atoms with Crippen molar-refractivity contribution < 1.29 is 4.79 Å². The van der Waals surface area contributed by atoms with Crippen LogP contribution in [0.25, 0.3) is 5.69 Å². The van der Waals surface area contributed by atoms with E-state index < -0.39 is 0 Å². The summed E-state index contributed by atoms with van der Waals surface area (Å²) in [5, 5.41) is 8.09. The Labute approximate surface area is 140 Å². The summed E-state index contributed by atoms with van der Waals surface area (Å²) < 4.78 is 1.73. The van der Waals surface area contributed by atoms with E-state index in [1.54, 1.807) is 10.9 Å². The minimum Gasteiger partial charge on any atom is -0.349 e. The number of rotatable bonds is 4. The van der Waals surface area contributed by atoms with E-state index in [1.165, 1.54) is 0 Å². The van der Waals surface area contributed by atoms with Crippen LogP contribution in [-0.2, 0) is 0 Å². The Bertz CT molecular complexity index is 712. The van der Waals surface area contributed by atoms with Crippen molar-refractivity contribution in [3.05, 3.63) is 46.7 Å². The summed E-state index contributed by atoms with van der Waals surface area (Å²) in [6.07, 6.45) is 4.81. The van der Waals surface area contributed by atoms with Gasteiger partial charge in [-0.25, -0.2) is 4.68 Å². The lowest BCUT2D eigenvalue weighted by molar-refractivity contribution is 0.0928. The quantitative estimate of drug-likeness (QED) is 0.904. The number of amides is 1. The van der Waals surface area contributed by atoms with Crippen LogP contribution in [-0.4, -0.2) is 28.3 Å². The van der Waals surface area contributed by atoms with Crippen LogP contribution in [0.5, 0.6) is 0 Å². The largest absolute Gasteiger partial charge is 0.349 e. The molecule has 2 atom stereocenters. The van der Waals surface area contributed by atoms with Crippen molar-refractivity contribution in [2.24, 2.45) is 11.7 Å². The van der Waals surface area contributed by atoms with Gasteiger partial charge in [0.1, 0.15) is 0 Å². The molecule has 3 N–H and O–H groups in total. The molecule has 5 nitrogen and oxygen atoms in total. The van der Waals surface area contributed by atoms with Gasteiger partial charge in [-0.3, -0.25) is 4.79 Å². The molecule has 6 heteroatoms. The highest BCUT2D eigenvalue weighted by atomic mass is 35.5. The second-order valence-corrected chi connectivity index (χ2v) is 6.48. The molecule has 1 aromatic heterocycles. The average molecular weight is 333 g/mol. The van der Waals surface area contributed by atoms with E-state index in [0.29, 0.717) is 23.0 Å². The molecule has 2 unspecified atom stereocenters. The fraction of sp³-hybridized carbons (Fsp3) is 0.412. The third-order valence-corrected chi connectivity index (χ3v) is 4.82. The molecular formula is C17H21ClN4O. The van der Waals surface area contributed by atoms with Crippen molar-refractivity contribution >= 4 is 17.5 Å². The Morgan fingerprint density at radius 3 is 3.04 bits per heavy atom. The topological polar surface area (TPSA) is 72.9 Å². The van der Waals surface area contributed by atoms with Crippen LogP contribution in [0.15, 0.2) is 30.5 Å². The summed E-state index contributed by atoms with van der Waals surface area (Å²) in [7, 11) is 0. The number of aromatic nitrogens is 2. The fourth-order valence-electron chi connectivity index (χ4n) is 3.26. The molecule has 1 aliphatic carbocycles. The van der Waals surface area contributed by atoms with Crippen molar-refractivity contribution in [1.82, 2.24) is 15.1 Å². The normalized spacial score (nSPS) is 20.7. The molecule has 1 heterocycles. The first-order chi connectivity index (χ1) is 11.1. The molecule has 3 rings (SSSR count). The molecule has 0 spiro atoms. The number of nitrogens with two attached hydrogens (primary N) is 1. The predicted molar refractivity (Wildman–Crippen MR) is 91.0 cm³/mol. The maximum atomic E-state index is 12.6. The molecule has 23 heavy (non-hydrogen) atoms. The number of nitrogens with one attached hydrogen (secondary N) is 1. The Morgan fingerprint density at radius 2 is 2.30 bits per heavy atom. The predicted octanol–water partition coefficient (Wildman–Crippen LogP) is 2.69. The van der Waals surface area contributed by atoms with Gasteiger partial charge in [0.2, 0.25) is 0 Å². The maximum Gasteiger partial charge on any atom is 0.254 e. The Hall–Kier alpha value is -1.85. The van der Waals surface area contributed by atoms with Gasteiger partial charge in [0.05, 0.1) is 23.1 Å².